The SMILES string of the molecule is C/C=C(/COc1ccccc1-c1[nH]ncc1Oc1ccc(C#N)cc1)N(C)C.CC. The van der Waals surface area contributed by atoms with Crippen LogP contribution in [-0.2, 0) is 0 Å². The molecule has 0 atom stereocenters. The number of allylic oxidation sites excluding steroid dienone is 1. The van der Waals surface area contributed by atoms with Crippen LogP contribution >= 0.6 is 0 Å². The van der Waals surface area contributed by atoms with E-state index in [1.807, 2.05) is 70.1 Å². The molecule has 1 heterocycles. The molecule has 0 aliphatic heterocycles. The van der Waals surface area contributed by atoms with Crippen LogP contribution in [0.4, 0.5) is 0 Å². The van der Waals surface area contributed by atoms with Gasteiger partial charge in [0, 0.05) is 25.4 Å². The molecule has 0 saturated carbocycles. The van der Waals surface area contributed by atoms with Crippen molar-refractivity contribution < 1.29 is 9.47 Å². The van der Waals surface area contributed by atoms with E-state index in [1.54, 1.807) is 30.5 Å². The molecule has 156 valence electrons. The number of ether oxygens (including phenoxy) is 2. The molecule has 1 aromatic heterocycles. The number of nitrogens with zero attached hydrogens (tertiary/aromatic N) is 3. The van der Waals surface area contributed by atoms with Gasteiger partial charge in [0.05, 0.1) is 17.8 Å². The number of likely N-dealkylation sites (N-methyl/N-ethyl adjacent to an activating group) is 1. The Balaban J connectivity index is 0.00000155. The highest BCUT2D eigenvalue weighted by atomic mass is 16.5. The Morgan fingerprint density at radius 1 is 1.10 bits per heavy atom. The van der Waals surface area contributed by atoms with Gasteiger partial charge in [0.2, 0.25) is 0 Å². The van der Waals surface area contributed by atoms with E-state index in [2.05, 4.69) is 16.3 Å². The van der Waals surface area contributed by atoms with Crippen molar-refractivity contribution >= 4 is 0 Å². The minimum Gasteiger partial charge on any atom is -0.487 e. The number of H-pyrrole nitrogens is 1. The van der Waals surface area contributed by atoms with E-state index < -0.39 is 0 Å². The highest BCUT2D eigenvalue weighted by Gasteiger charge is 2.15. The molecule has 0 spiro atoms. The quantitative estimate of drug-likeness (QED) is 0.554. The summed E-state index contributed by atoms with van der Waals surface area (Å²) in [4.78, 5) is 2.03. The van der Waals surface area contributed by atoms with E-state index in [0.29, 0.717) is 23.7 Å². The first-order valence-electron chi connectivity index (χ1n) is 9.88. The predicted molar refractivity (Wildman–Crippen MR) is 120 cm³/mol. The number of benzene rings is 2. The van der Waals surface area contributed by atoms with E-state index in [9.17, 15) is 0 Å². The maximum Gasteiger partial charge on any atom is 0.173 e. The molecule has 1 N–H and O–H groups in total. The third-order valence-corrected chi connectivity index (χ3v) is 4.26. The Morgan fingerprint density at radius 3 is 2.43 bits per heavy atom. The summed E-state index contributed by atoms with van der Waals surface area (Å²) in [6, 6.07) is 16.8. The second-order valence-corrected chi connectivity index (χ2v) is 6.31. The average Bonchev–Trinajstić information content (AvgIpc) is 3.24. The number of rotatable bonds is 7. The number of para-hydroxylation sites is 1. The second kappa shape index (κ2) is 11.3. The molecular weight excluding hydrogens is 376 g/mol. The van der Waals surface area contributed by atoms with Crippen LogP contribution < -0.4 is 9.47 Å². The predicted octanol–water partition coefficient (Wildman–Crippen LogP) is 5.61. The zero-order valence-corrected chi connectivity index (χ0v) is 18.1. The van der Waals surface area contributed by atoms with Gasteiger partial charge in [0.1, 0.15) is 23.8 Å². The van der Waals surface area contributed by atoms with Gasteiger partial charge in [-0.05, 0) is 43.3 Å². The van der Waals surface area contributed by atoms with Crippen molar-refractivity contribution in [1.29, 1.82) is 5.26 Å². The molecule has 0 bridgehead atoms. The molecule has 0 amide bonds. The van der Waals surface area contributed by atoms with Crippen LogP contribution in [0.1, 0.15) is 26.3 Å². The number of nitriles is 1. The van der Waals surface area contributed by atoms with Gasteiger partial charge in [-0.15, -0.1) is 0 Å². The monoisotopic (exact) mass is 404 g/mol. The number of aromatic amines is 1. The summed E-state index contributed by atoms with van der Waals surface area (Å²) in [5, 5.41) is 16.1. The summed E-state index contributed by atoms with van der Waals surface area (Å²) < 4.78 is 12.0. The zero-order chi connectivity index (χ0) is 21.9. The summed E-state index contributed by atoms with van der Waals surface area (Å²) >= 11 is 0. The van der Waals surface area contributed by atoms with Crippen LogP contribution in [-0.4, -0.2) is 35.8 Å². The molecule has 6 heteroatoms. The molecule has 0 saturated heterocycles. The Morgan fingerprint density at radius 2 is 1.80 bits per heavy atom. The second-order valence-electron chi connectivity index (χ2n) is 6.31. The maximum atomic E-state index is 8.92. The first-order valence-corrected chi connectivity index (χ1v) is 9.88. The fourth-order valence-electron chi connectivity index (χ4n) is 2.69. The van der Waals surface area contributed by atoms with Crippen molar-refractivity contribution in [3.05, 3.63) is 72.1 Å². The average molecular weight is 405 g/mol. The zero-order valence-electron chi connectivity index (χ0n) is 18.1. The third-order valence-electron chi connectivity index (χ3n) is 4.26. The summed E-state index contributed by atoms with van der Waals surface area (Å²) in [5.74, 6) is 1.95. The van der Waals surface area contributed by atoms with Gasteiger partial charge in [-0.2, -0.15) is 10.4 Å². The molecule has 3 rings (SSSR count). The topological polar surface area (TPSA) is 74.2 Å². The van der Waals surface area contributed by atoms with Gasteiger partial charge in [0.25, 0.3) is 0 Å². The van der Waals surface area contributed by atoms with E-state index in [-0.39, 0.29) is 0 Å². The van der Waals surface area contributed by atoms with Gasteiger partial charge in [-0.3, -0.25) is 5.10 Å². The number of hydrogen-bond donors (Lipinski definition) is 1. The van der Waals surface area contributed by atoms with Gasteiger partial charge < -0.3 is 14.4 Å². The molecule has 0 unspecified atom stereocenters. The van der Waals surface area contributed by atoms with Gasteiger partial charge >= 0.3 is 0 Å². The standard InChI is InChI=1S/C22H22N4O2.C2H6/c1-4-17(26(2)3)15-27-20-8-6-5-7-19(20)22-21(14-24-25-22)28-18-11-9-16(13-23)10-12-18;1-2/h4-12,14H,15H2,1-3H3,(H,24,25);1-2H3/b17-4-;. The number of hydrogen-bond acceptors (Lipinski definition) is 5. The first kappa shape index (κ1) is 22.6. The smallest absolute Gasteiger partial charge is 0.173 e. The molecule has 0 radical (unpaired) electrons. The van der Waals surface area contributed by atoms with Crippen LogP contribution in [0.25, 0.3) is 11.3 Å². The molecule has 0 aliphatic rings. The molecular formula is C24H28N4O2. The van der Waals surface area contributed by atoms with Crippen molar-refractivity contribution in [3.8, 4) is 34.6 Å². The fourth-order valence-corrected chi connectivity index (χ4v) is 2.69. The van der Waals surface area contributed by atoms with Crippen molar-refractivity contribution in [3.63, 3.8) is 0 Å². The summed E-state index contributed by atoms with van der Waals surface area (Å²) in [7, 11) is 3.98. The number of aromatic nitrogens is 2. The van der Waals surface area contributed by atoms with Crippen LogP contribution in [0, 0.1) is 11.3 Å². The summed E-state index contributed by atoms with van der Waals surface area (Å²) in [5.41, 5.74) is 3.25. The van der Waals surface area contributed by atoms with Gasteiger partial charge in [0.15, 0.2) is 5.75 Å². The van der Waals surface area contributed by atoms with Crippen LogP contribution in [0.5, 0.6) is 17.2 Å². The van der Waals surface area contributed by atoms with Gasteiger partial charge in [-0.25, -0.2) is 0 Å². The molecule has 0 fully saturated rings. The minimum absolute atomic E-state index is 0.459. The molecule has 30 heavy (non-hydrogen) atoms. The fraction of sp³-hybridized carbons (Fsp3) is 0.250. The Hall–Kier alpha value is -3.72. The van der Waals surface area contributed by atoms with Gasteiger partial charge in [-0.1, -0.05) is 32.1 Å². The van der Waals surface area contributed by atoms with Crippen molar-refractivity contribution in [2.24, 2.45) is 0 Å². The lowest BCUT2D eigenvalue weighted by Gasteiger charge is -2.18. The van der Waals surface area contributed by atoms with E-state index >= 15 is 0 Å². The lowest BCUT2D eigenvalue weighted by molar-refractivity contribution is 0.310. The summed E-state index contributed by atoms with van der Waals surface area (Å²) in [6.45, 7) is 6.45. The first-order chi connectivity index (χ1) is 14.6. The molecule has 2 aromatic carbocycles. The van der Waals surface area contributed by atoms with Crippen LogP contribution in [0.2, 0.25) is 0 Å². The highest BCUT2D eigenvalue weighted by Crippen LogP contribution is 2.36. The van der Waals surface area contributed by atoms with Crippen LogP contribution in [0.3, 0.4) is 0 Å². The van der Waals surface area contributed by atoms with E-state index in [0.717, 1.165) is 22.7 Å². The lowest BCUT2D eigenvalue weighted by Crippen LogP contribution is -2.17. The lowest BCUT2D eigenvalue weighted by atomic mass is 10.1. The number of nitrogens with one attached hydrogen (secondary N) is 1. The Bertz CT molecular complexity index is 999. The molecule has 0 aliphatic carbocycles. The van der Waals surface area contributed by atoms with Crippen molar-refractivity contribution in [2.45, 2.75) is 20.8 Å². The highest BCUT2D eigenvalue weighted by molar-refractivity contribution is 5.72. The molecule has 3 aromatic rings. The van der Waals surface area contributed by atoms with Crippen molar-refractivity contribution in [1.82, 2.24) is 15.1 Å². The third kappa shape index (κ3) is 5.65. The largest absolute Gasteiger partial charge is 0.487 e. The maximum absolute atomic E-state index is 8.92. The van der Waals surface area contributed by atoms with E-state index in [4.69, 9.17) is 14.7 Å². The Labute approximate surface area is 178 Å². The summed E-state index contributed by atoms with van der Waals surface area (Å²) in [6.07, 6.45) is 3.65. The van der Waals surface area contributed by atoms with E-state index in [1.165, 1.54) is 0 Å². The Kier molecular flexibility index (Phi) is 8.52. The normalized spacial score (nSPS) is 10.5. The molecule has 6 nitrogen and oxygen atoms in total. The van der Waals surface area contributed by atoms with Crippen LogP contribution in [0.15, 0.2) is 66.5 Å². The minimum atomic E-state index is 0.459. The van der Waals surface area contributed by atoms with Crippen molar-refractivity contribution in [2.75, 3.05) is 20.7 Å².